The van der Waals surface area contributed by atoms with Crippen LogP contribution >= 0.6 is 11.8 Å². The SMILES string of the molecule is O=C1OCC[C@@H]1Sc1nc2ccccc2c2nc3ccccc3n12. The quantitative estimate of drug-likeness (QED) is 0.415. The lowest BCUT2D eigenvalue weighted by Gasteiger charge is -2.10. The van der Waals surface area contributed by atoms with Crippen LogP contribution in [0.1, 0.15) is 6.42 Å². The topological polar surface area (TPSA) is 56.5 Å². The van der Waals surface area contributed by atoms with Gasteiger partial charge in [0.05, 0.1) is 23.2 Å². The van der Waals surface area contributed by atoms with E-state index in [1.165, 1.54) is 11.8 Å². The molecule has 1 atom stereocenters. The van der Waals surface area contributed by atoms with E-state index < -0.39 is 0 Å². The predicted octanol–water partition coefficient (Wildman–Crippen LogP) is 3.44. The molecule has 0 bridgehead atoms. The number of benzene rings is 2. The van der Waals surface area contributed by atoms with Crippen molar-refractivity contribution in [3.05, 3.63) is 48.5 Å². The van der Waals surface area contributed by atoms with Crippen molar-refractivity contribution < 1.29 is 9.53 Å². The standard InChI is InChI=1S/C18H13N3O2S/c22-17-15(9-10-23-17)24-18-20-12-6-2-1-5-11(12)16-19-13-7-3-4-8-14(13)21(16)18/h1-8,15H,9-10H2/t15-/m0/s1. The molecule has 0 aliphatic carbocycles. The Balaban J connectivity index is 1.84. The third kappa shape index (κ3) is 1.99. The predicted molar refractivity (Wildman–Crippen MR) is 93.2 cm³/mol. The minimum atomic E-state index is -0.206. The van der Waals surface area contributed by atoms with Crippen molar-refractivity contribution >= 4 is 45.3 Å². The van der Waals surface area contributed by atoms with Crippen LogP contribution in [0, 0.1) is 0 Å². The summed E-state index contributed by atoms with van der Waals surface area (Å²) in [5.74, 6) is -0.160. The molecule has 5 rings (SSSR count). The first-order valence-electron chi connectivity index (χ1n) is 7.80. The number of fused-ring (bicyclic) bond motifs is 5. The monoisotopic (exact) mass is 335 g/mol. The van der Waals surface area contributed by atoms with E-state index in [1.807, 2.05) is 52.9 Å². The molecule has 0 saturated carbocycles. The van der Waals surface area contributed by atoms with E-state index in [-0.39, 0.29) is 11.2 Å². The molecule has 1 fully saturated rings. The van der Waals surface area contributed by atoms with E-state index in [0.29, 0.717) is 13.0 Å². The summed E-state index contributed by atoms with van der Waals surface area (Å²) in [6.45, 7) is 0.484. The molecule has 3 heterocycles. The van der Waals surface area contributed by atoms with E-state index in [2.05, 4.69) is 0 Å². The lowest BCUT2D eigenvalue weighted by atomic mass is 10.2. The van der Waals surface area contributed by atoms with Crippen molar-refractivity contribution in [3.63, 3.8) is 0 Å². The van der Waals surface area contributed by atoms with Crippen molar-refractivity contribution in [2.75, 3.05) is 6.61 Å². The number of para-hydroxylation sites is 3. The van der Waals surface area contributed by atoms with Crippen molar-refractivity contribution in [1.29, 1.82) is 0 Å². The Bertz CT molecular complexity index is 1110. The largest absolute Gasteiger partial charge is 0.465 e. The number of hydrogen-bond donors (Lipinski definition) is 0. The summed E-state index contributed by atoms with van der Waals surface area (Å²) in [5, 5.41) is 1.58. The number of esters is 1. The van der Waals surface area contributed by atoms with Crippen LogP contribution in [0.25, 0.3) is 27.6 Å². The summed E-state index contributed by atoms with van der Waals surface area (Å²) in [7, 11) is 0. The molecule has 5 nitrogen and oxygen atoms in total. The van der Waals surface area contributed by atoms with Crippen molar-refractivity contribution in [1.82, 2.24) is 14.4 Å². The van der Waals surface area contributed by atoms with Crippen LogP contribution in [0.5, 0.6) is 0 Å². The Labute approximate surface area is 141 Å². The summed E-state index contributed by atoms with van der Waals surface area (Å²) in [4.78, 5) is 21.5. The molecule has 24 heavy (non-hydrogen) atoms. The number of thioether (sulfide) groups is 1. The van der Waals surface area contributed by atoms with E-state index in [0.717, 1.165) is 32.7 Å². The Morgan fingerprint density at radius 1 is 1.04 bits per heavy atom. The molecular weight excluding hydrogens is 322 g/mol. The van der Waals surface area contributed by atoms with Gasteiger partial charge in [0.15, 0.2) is 5.16 Å². The van der Waals surface area contributed by atoms with Gasteiger partial charge in [-0.15, -0.1) is 0 Å². The number of aromatic nitrogens is 3. The molecule has 1 aliphatic heterocycles. The number of ether oxygens (including phenoxy) is 1. The van der Waals surface area contributed by atoms with Gasteiger partial charge in [0.1, 0.15) is 10.9 Å². The maximum atomic E-state index is 11.9. The fraction of sp³-hybridized carbons (Fsp3) is 0.167. The number of rotatable bonds is 2. The Hall–Kier alpha value is -2.60. The van der Waals surface area contributed by atoms with E-state index in [9.17, 15) is 4.79 Å². The maximum Gasteiger partial charge on any atom is 0.319 e. The van der Waals surface area contributed by atoms with E-state index in [4.69, 9.17) is 14.7 Å². The molecule has 0 spiro atoms. The van der Waals surface area contributed by atoms with Gasteiger partial charge in [-0.25, -0.2) is 9.97 Å². The second-order valence-corrected chi connectivity index (χ2v) is 6.90. The Morgan fingerprint density at radius 3 is 2.67 bits per heavy atom. The molecule has 0 unspecified atom stereocenters. The first-order valence-corrected chi connectivity index (χ1v) is 8.68. The maximum absolute atomic E-state index is 11.9. The fourth-order valence-electron chi connectivity index (χ4n) is 3.10. The molecule has 1 saturated heterocycles. The zero-order chi connectivity index (χ0) is 16.1. The average molecular weight is 335 g/mol. The zero-order valence-electron chi connectivity index (χ0n) is 12.7. The molecule has 0 radical (unpaired) electrons. The Morgan fingerprint density at radius 2 is 1.83 bits per heavy atom. The second-order valence-electron chi connectivity index (χ2n) is 5.73. The molecule has 1 aliphatic rings. The minimum Gasteiger partial charge on any atom is -0.465 e. The third-order valence-electron chi connectivity index (χ3n) is 4.25. The van der Waals surface area contributed by atoms with Crippen molar-refractivity contribution in [3.8, 4) is 0 Å². The summed E-state index contributed by atoms with van der Waals surface area (Å²) in [6.07, 6.45) is 0.714. The third-order valence-corrected chi connectivity index (χ3v) is 5.45. The summed E-state index contributed by atoms with van der Waals surface area (Å²) in [6, 6.07) is 16.0. The van der Waals surface area contributed by atoms with E-state index >= 15 is 0 Å². The molecule has 2 aromatic carbocycles. The molecule has 0 N–H and O–H groups in total. The smallest absolute Gasteiger partial charge is 0.319 e. The molecule has 118 valence electrons. The highest BCUT2D eigenvalue weighted by Crippen LogP contribution is 2.33. The van der Waals surface area contributed by atoms with Crippen LogP contribution in [0.2, 0.25) is 0 Å². The highest BCUT2D eigenvalue weighted by Gasteiger charge is 2.29. The number of carbonyl (C=O) groups is 1. The van der Waals surface area contributed by atoms with Gasteiger partial charge < -0.3 is 4.74 Å². The van der Waals surface area contributed by atoms with Crippen LogP contribution in [0.3, 0.4) is 0 Å². The normalized spacial score (nSPS) is 17.8. The molecule has 0 amide bonds. The van der Waals surface area contributed by atoms with Gasteiger partial charge in [-0.05, 0) is 24.3 Å². The number of nitrogens with zero attached hydrogens (tertiary/aromatic N) is 3. The zero-order valence-corrected chi connectivity index (χ0v) is 13.5. The second kappa shape index (κ2) is 5.21. The van der Waals surface area contributed by atoms with Gasteiger partial charge in [0.2, 0.25) is 0 Å². The van der Waals surface area contributed by atoms with Crippen LogP contribution in [-0.2, 0) is 9.53 Å². The summed E-state index contributed by atoms with van der Waals surface area (Å²) in [5.41, 5.74) is 3.68. The van der Waals surface area contributed by atoms with Crippen LogP contribution in [-0.4, -0.2) is 32.2 Å². The molecule has 4 aromatic rings. The van der Waals surface area contributed by atoms with Gasteiger partial charge in [-0.3, -0.25) is 9.20 Å². The summed E-state index contributed by atoms with van der Waals surface area (Å²) < 4.78 is 7.14. The van der Waals surface area contributed by atoms with Gasteiger partial charge >= 0.3 is 5.97 Å². The lowest BCUT2D eigenvalue weighted by Crippen LogP contribution is -2.11. The van der Waals surface area contributed by atoms with Crippen molar-refractivity contribution in [2.24, 2.45) is 0 Å². The van der Waals surface area contributed by atoms with Gasteiger partial charge in [0, 0.05) is 11.8 Å². The van der Waals surface area contributed by atoms with Crippen LogP contribution in [0.15, 0.2) is 53.7 Å². The number of imidazole rings is 1. The highest BCUT2D eigenvalue weighted by molar-refractivity contribution is 8.00. The number of carbonyl (C=O) groups excluding carboxylic acids is 1. The van der Waals surface area contributed by atoms with E-state index in [1.54, 1.807) is 0 Å². The van der Waals surface area contributed by atoms with Crippen molar-refractivity contribution in [2.45, 2.75) is 16.8 Å². The molecule has 6 heteroatoms. The Kier molecular flexibility index (Phi) is 2.99. The summed E-state index contributed by atoms with van der Waals surface area (Å²) >= 11 is 1.46. The van der Waals surface area contributed by atoms with Gasteiger partial charge in [-0.2, -0.15) is 0 Å². The van der Waals surface area contributed by atoms with Gasteiger partial charge in [-0.1, -0.05) is 36.0 Å². The fourth-order valence-corrected chi connectivity index (χ4v) is 4.18. The van der Waals surface area contributed by atoms with Crippen LogP contribution < -0.4 is 0 Å². The first-order chi connectivity index (χ1) is 11.8. The van der Waals surface area contributed by atoms with Crippen LogP contribution in [0.4, 0.5) is 0 Å². The highest BCUT2D eigenvalue weighted by atomic mass is 32.2. The average Bonchev–Trinajstić information content (AvgIpc) is 3.19. The first kappa shape index (κ1) is 13.8. The molecular formula is C18H13N3O2S. The lowest BCUT2D eigenvalue weighted by molar-refractivity contribution is -0.137. The van der Waals surface area contributed by atoms with Gasteiger partial charge in [0.25, 0.3) is 0 Å². The minimum absolute atomic E-state index is 0.160. The number of cyclic esters (lactones) is 1. The number of hydrogen-bond acceptors (Lipinski definition) is 5. The molecule has 2 aromatic heterocycles.